The molecule has 3 aromatic carbocycles. The summed E-state index contributed by atoms with van der Waals surface area (Å²) in [4.78, 5) is 12.4. The van der Waals surface area contributed by atoms with Crippen LogP contribution in [0.2, 0.25) is 0 Å². The SMILES string of the molecule is O=C(Nc1ccc(F)cc1OC(F)F)c1ccc(COc2cccc3ccccc23)o1. The van der Waals surface area contributed by atoms with Gasteiger partial charge in [0.25, 0.3) is 5.91 Å². The van der Waals surface area contributed by atoms with E-state index in [2.05, 4.69) is 10.1 Å². The lowest BCUT2D eigenvalue weighted by Crippen LogP contribution is -2.13. The first-order valence-electron chi connectivity index (χ1n) is 9.24. The van der Waals surface area contributed by atoms with E-state index in [1.165, 1.54) is 6.07 Å². The van der Waals surface area contributed by atoms with Gasteiger partial charge in [0.05, 0.1) is 5.69 Å². The Kier molecular flexibility index (Phi) is 5.79. The van der Waals surface area contributed by atoms with E-state index in [1.54, 1.807) is 6.07 Å². The summed E-state index contributed by atoms with van der Waals surface area (Å²) in [6, 6.07) is 19.3. The number of hydrogen-bond acceptors (Lipinski definition) is 4. The van der Waals surface area contributed by atoms with Crippen molar-refractivity contribution in [2.75, 3.05) is 5.32 Å². The van der Waals surface area contributed by atoms with Crippen LogP contribution in [-0.2, 0) is 6.61 Å². The van der Waals surface area contributed by atoms with Crippen molar-refractivity contribution in [2.45, 2.75) is 13.2 Å². The van der Waals surface area contributed by atoms with Gasteiger partial charge in [-0.25, -0.2) is 4.39 Å². The van der Waals surface area contributed by atoms with Crippen LogP contribution >= 0.6 is 0 Å². The average molecular weight is 427 g/mol. The van der Waals surface area contributed by atoms with Crippen LogP contribution in [-0.4, -0.2) is 12.5 Å². The number of ether oxygens (including phenoxy) is 2. The van der Waals surface area contributed by atoms with Crippen LogP contribution in [0.1, 0.15) is 16.3 Å². The number of halogens is 3. The lowest BCUT2D eigenvalue weighted by Gasteiger charge is -2.11. The second-order valence-corrected chi connectivity index (χ2v) is 6.51. The first-order chi connectivity index (χ1) is 15.0. The van der Waals surface area contributed by atoms with Crippen molar-refractivity contribution >= 4 is 22.4 Å². The van der Waals surface area contributed by atoms with Crippen molar-refractivity contribution in [3.8, 4) is 11.5 Å². The van der Waals surface area contributed by atoms with E-state index in [-0.39, 0.29) is 18.1 Å². The second kappa shape index (κ2) is 8.83. The van der Waals surface area contributed by atoms with Gasteiger partial charge in [-0.1, -0.05) is 36.4 Å². The molecule has 0 fully saturated rings. The van der Waals surface area contributed by atoms with Gasteiger partial charge in [0.1, 0.15) is 23.9 Å². The van der Waals surface area contributed by atoms with E-state index < -0.39 is 24.1 Å². The number of hydrogen-bond donors (Lipinski definition) is 1. The summed E-state index contributed by atoms with van der Waals surface area (Å²) in [5.41, 5.74) is -0.114. The Hall–Kier alpha value is -3.94. The monoisotopic (exact) mass is 427 g/mol. The van der Waals surface area contributed by atoms with Crippen LogP contribution in [0.4, 0.5) is 18.9 Å². The number of carbonyl (C=O) groups excluding carboxylic acids is 1. The molecule has 0 bridgehead atoms. The lowest BCUT2D eigenvalue weighted by atomic mass is 10.1. The quantitative estimate of drug-likeness (QED) is 0.393. The number of benzene rings is 3. The highest BCUT2D eigenvalue weighted by Gasteiger charge is 2.17. The summed E-state index contributed by atoms with van der Waals surface area (Å²) in [7, 11) is 0. The van der Waals surface area contributed by atoms with E-state index in [4.69, 9.17) is 9.15 Å². The summed E-state index contributed by atoms with van der Waals surface area (Å²) in [5.74, 6) is -0.984. The molecular weight excluding hydrogens is 411 g/mol. The Morgan fingerprint density at radius 1 is 0.968 bits per heavy atom. The van der Waals surface area contributed by atoms with Gasteiger partial charge in [-0.15, -0.1) is 0 Å². The standard InChI is InChI=1S/C23H16F3NO4/c24-15-8-10-18(21(12-15)31-23(25)26)27-22(28)20-11-9-16(30-20)13-29-19-7-3-5-14-4-1-2-6-17(14)19/h1-12,23H,13H2,(H,27,28). The fraction of sp³-hybridized carbons (Fsp3) is 0.0870. The zero-order chi connectivity index (χ0) is 21.8. The smallest absolute Gasteiger partial charge is 0.387 e. The number of fused-ring (bicyclic) bond motifs is 1. The molecule has 4 rings (SSSR count). The minimum atomic E-state index is -3.17. The highest BCUT2D eigenvalue weighted by Crippen LogP contribution is 2.28. The fourth-order valence-corrected chi connectivity index (χ4v) is 3.02. The van der Waals surface area contributed by atoms with E-state index in [0.717, 1.165) is 29.0 Å². The van der Waals surface area contributed by atoms with Gasteiger partial charge in [-0.2, -0.15) is 8.78 Å². The number of nitrogens with one attached hydrogen (secondary N) is 1. The molecule has 0 unspecified atom stereocenters. The molecule has 4 aromatic rings. The topological polar surface area (TPSA) is 60.7 Å². The molecule has 0 saturated carbocycles. The Bertz CT molecular complexity index is 1220. The molecule has 0 saturated heterocycles. The third-order valence-electron chi connectivity index (χ3n) is 4.41. The second-order valence-electron chi connectivity index (χ2n) is 6.51. The maximum Gasteiger partial charge on any atom is 0.387 e. The first-order valence-corrected chi connectivity index (χ1v) is 9.24. The van der Waals surface area contributed by atoms with Gasteiger partial charge in [0.15, 0.2) is 11.5 Å². The minimum absolute atomic E-state index is 0.0659. The molecule has 1 amide bonds. The van der Waals surface area contributed by atoms with Gasteiger partial charge < -0.3 is 19.2 Å². The molecule has 31 heavy (non-hydrogen) atoms. The number of carbonyl (C=O) groups is 1. The highest BCUT2D eigenvalue weighted by molar-refractivity contribution is 6.03. The molecule has 1 heterocycles. The summed E-state index contributed by atoms with van der Waals surface area (Å²) in [5, 5.41) is 4.34. The number of furan rings is 1. The van der Waals surface area contributed by atoms with Crippen molar-refractivity contribution in [1.82, 2.24) is 0 Å². The van der Waals surface area contributed by atoms with Crippen molar-refractivity contribution in [3.05, 3.63) is 90.1 Å². The molecule has 1 aromatic heterocycles. The van der Waals surface area contributed by atoms with Crippen LogP contribution in [0.5, 0.6) is 11.5 Å². The van der Waals surface area contributed by atoms with Crippen molar-refractivity contribution < 1.29 is 31.9 Å². The zero-order valence-corrected chi connectivity index (χ0v) is 16.0. The molecule has 0 atom stereocenters. The predicted octanol–water partition coefficient (Wildman–Crippen LogP) is 6.00. The van der Waals surface area contributed by atoms with E-state index in [1.807, 2.05) is 42.5 Å². The number of rotatable bonds is 7. The minimum Gasteiger partial charge on any atom is -0.485 e. The predicted molar refractivity (Wildman–Crippen MR) is 108 cm³/mol. The Morgan fingerprint density at radius 2 is 1.77 bits per heavy atom. The Labute approximate surface area is 175 Å². The summed E-state index contributed by atoms with van der Waals surface area (Å²) < 4.78 is 53.9. The van der Waals surface area contributed by atoms with Crippen LogP contribution < -0.4 is 14.8 Å². The van der Waals surface area contributed by atoms with Crippen LogP contribution in [0.3, 0.4) is 0 Å². The molecule has 5 nitrogen and oxygen atoms in total. The van der Waals surface area contributed by atoms with E-state index >= 15 is 0 Å². The van der Waals surface area contributed by atoms with Gasteiger partial charge in [0.2, 0.25) is 0 Å². The third kappa shape index (κ3) is 4.80. The van der Waals surface area contributed by atoms with E-state index in [0.29, 0.717) is 11.5 Å². The maximum atomic E-state index is 13.3. The maximum absolute atomic E-state index is 13.3. The normalized spacial score (nSPS) is 11.0. The Morgan fingerprint density at radius 3 is 2.61 bits per heavy atom. The van der Waals surface area contributed by atoms with Crippen LogP contribution in [0.25, 0.3) is 10.8 Å². The largest absolute Gasteiger partial charge is 0.485 e. The number of alkyl halides is 2. The van der Waals surface area contributed by atoms with Crippen LogP contribution in [0, 0.1) is 5.82 Å². The average Bonchev–Trinajstić information content (AvgIpc) is 3.23. The highest BCUT2D eigenvalue weighted by atomic mass is 19.3. The summed E-state index contributed by atoms with van der Waals surface area (Å²) in [6.45, 7) is -3.09. The molecular formula is C23H16F3NO4. The summed E-state index contributed by atoms with van der Waals surface area (Å²) in [6.07, 6.45) is 0. The first kappa shape index (κ1) is 20.3. The zero-order valence-electron chi connectivity index (χ0n) is 16.0. The van der Waals surface area contributed by atoms with Gasteiger partial charge >= 0.3 is 6.61 Å². The van der Waals surface area contributed by atoms with Gasteiger partial charge in [-0.05, 0) is 35.7 Å². The number of anilines is 1. The molecule has 158 valence electrons. The van der Waals surface area contributed by atoms with Gasteiger partial charge in [-0.3, -0.25) is 4.79 Å². The number of amides is 1. The third-order valence-corrected chi connectivity index (χ3v) is 4.41. The van der Waals surface area contributed by atoms with Crippen LogP contribution in [0.15, 0.2) is 77.2 Å². The molecule has 0 aliphatic heterocycles. The van der Waals surface area contributed by atoms with Gasteiger partial charge in [0, 0.05) is 11.5 Å². The molecule has 0 aliphatic carbocycles. The Balaban J connectivity index is 1.45. The molecule has 1 N–H and O–H groups in total. The molecule has 0 aliphatic rings. The lowest BCUT2D eigenvalue weighted by molar-refractivity contribution is -0.0495. The molecule has 0 radical (unpaired) electrons. The fourth-order valence-electron chi connectivity index (χ4n) is 3.02. The van der Waals surface area contributed by atoms with Crippen molar-refractivity contribution in [3.63, 3.8) is 0 Å². The van der Waals surface area contributed by atoms with Crippen molar-refractivity contribution in [2.24, 2.45) is 0 Å². The molecule has 8 heteroatoms. The summed E-state index contributed by atoms with van der Waals surface area (Å²) >= 11 is 0. The molecule has 0 spiro atoms. The van der Waals surface area contributed by atoms with Crippen molar-refractivity contribution in [1.29, 1.82) is 0 Å². The van der Waals surface area contributed by atoms with E-state index in [9.17, 15) is 18.0 Å².